The summed E-state index contributed by atoms with van der Waals surface area (Å²) >= 11 is 0. The zero-order valence-corrected chi connectivity index (χ0v) is 10.7. The normalized spacial score (nSPS) is 13.1. The Hall–Kier alpha value is -1.10. The lowest BCUT2D eigenvalue weighted by molar-refractivity contribution is -0.155. The van der Waals surface area contributed by atoms with Gasteiger partial charge in [-0.1, -0.05) is 0 Å². The molecule has 5 heteroatoms. The lowest BCUT2D eigenvalue weighted by Gasteiger charge is -2.21. The highest BCUT2D eigenvalue weighted by Crippen LogP contribution is 2.08. The third-order valence-electron chi connectivity index (χ3n) is 1.78. The van der Waals surface area contributed by atoms with Crippen molar-refractivity contribution in [1.82, 2.24) is 10.6 Å². The molecular weight excluding hydrogens is 208 g/mol. The van der Waals surface area contributed by atoms with E-state index in [9.17, 15) is 9.59 Å². The largest absolute Gasteiger partial charge is 0.460 e. The van der Waals surface area contributed by atoms with Crippen LogP contribution in [-0.2, 0) is 14.3 Å². The summed E-state index contributed by atoms with van der Waals surface area (Å²) in [5, 5.41) is 5.43. The lowest BCUT2D eigenvalue weighted by atomic mass is 10.2. The molecule has 0 rings (SSSR count). The van der Waals surface area contributed by atoms with Gasteiger partial charge in [0, 0.05) is 13.1 Å². The molecule has 5 nitrogen and oxygen atoms in total. The van der Waals surface area contributed by atoms with E-state index in [1.165, 1.54) is 0 Å². The van der Waals surface area contributed by atoms with Crippen molar-refractivity contribution in [2.45, 2.75) is 45.8 Å². The van der Waals surface area contributed by atoms with Gasteiger partial charge >= 0.3 is 5.97 Å². The molecular formula is C11H22N2O3. The van der Waals surface area contributed by atoms with Gasteiger partial charge in [0.05, 0.1) is 13.0 Å². The summed E-state index contributed by atoms with van der Waals surface area (Å²) in [5.41, 5.74) is -0.461. The molecule has 0 heterocycles. The summed E-state index contributed by atoms with van der Waals surface area (Å²) in [6.45, 7) is 7.53. The van der Waals surface area contributed by atoms with Gasteiger partial charge in [-0.15, -0.1) is 0 Å². The van der Waals surface area contributed by atoms with Crippen molar-refractivity contribution in [3.8, 4) is 0 Å². The molecule has 16 heavy (non-hydrogen) atoms. The highest BCUT2D eigenvalue weighted by molar-refractivity contribution is 5.77. The van der Waals surface area contributed by atoms with Crippen LogP contribution in [0.25, 0.3) is 0 Å². The zero-order chi connectivity index (χ0) is 12.8. The van der Waals surface area contributed by atoms with Crippen LogP contribution in [-0.4, -0.2) is 37.1 Å². The Bertz CT molecular complexity index is 246. The van der Waals surface area contributed by atoms with Crippen molar-refractivity contribution >= 4 is 11.9 Å². The van der Waals surface area contributed by atoms with Crippen LogP contribution in [0, 0.1) is 0 Å². The van der Waals surface area contributed by atoms with Crippen LogP contribution in [0.15, 0.2) is 0 Å². The van der Waals surface area contributed by atoms with Crippen molar-refractivity contribution in [3.63, 3.8) is 0 Å². The van der Waals surface area contributed by atoms with Crippen LogP contribution in [0.3, 0.4) is 0 Å². The summed E-state index contributed by atoms with van der Waals surface area (Å²) in [4.78, 5) is 22.4. The molecule has 0 aliphatic carbocycles. The minimum absolute atomic E-state index is 0.0767. The number of amides is 1. The average Bonchev–Trinajstić information content (AvgIpc) is 2.10. The molecule has 0 aromatic rings. The fourth-order valence-electron chi connectivity index (χ4n) is 1.06. The maximum Gasteiger partial charge on any atom is 0.307 e. The van der Waals surface area contributed by atoms with Gasteiger partial charge in [-0.2, -0.15) is 0 Å². The number of carbonyl (C=O) groups is 2. The number of rotatable bonds is 5. The van der Waals surface area contributed by atoms with Crippen LogP contribution in [0.5, 0.6) is 0 Å². The topological polar surface area (TPSA) is 67.4 Å². The summed E-state index contributed by atoms with van der Waals surface area (Å²) in [6, 6.07) is -0.0767. The van der Waals surface area contributed by atoms with E-state index in [0.717, 1.165) is 0 Å². The molecule has 94 valence electrons. The Morgan fingerprint density at radius 3 is 2.31 bits per heavy atom. The second-order valence-electron chi connectivity index (χ2n) is 4.75. The first-order chi connectivity index (χ1) is 7.24. The van der Waals surface area contributed by atoms with Gasteiger partial charge in [-0.25, -0.2) is 0 Å². The number of hydrogen-bond donors (Lipinski definition) is 2. The number of carbonyl (C=O) groups excluding carboxylic acids is 2. The van der Waals surface area contributed by atoms with E-state index in [4.69, 9.17) is 4.74 Å². The van der Waals surface area contributed by atoms with E-state index in [1.54, 1.807) is 7.05 Å². The lowest BCUT2D eigenvalue weighted by Crippen LogP contribution is -2.38. The smallest absolute Gasteiger partial charge is 0.307 e. The van der Waals surface area contributed by atoms with Crippen LogP contribution in [0.1, 0.15) is 34.1 Å². The Kier molecular flexibility index (Phi) is 6.03. The first-order valence-electron chi connectivity index (χ1n) is 5.40. The molecule has 0 bridgehead atoms. The van der Waals surface area contributed by atoms with E-state index in [0.29, 0.717) is 0 Å². The van der Waals surface area contributed by atoms with Crippen molar-refractivity contribution in [3.05, 3.63) is 0 Å². The SMILES string of the molecule is CNC(=O)CNC(C)CC(=O)OC(C)(C)C. The first kappa shape index (κ1) is 14.9. The predicted molar refractivity (Wildman–Crippen MR) is 62.0 cm³/mol. The van der Waals surface area contributed by atoms with Gasteiger partial charge in [-0.05, 0) is 27.7 Å². The number of esters is 1. The van der Waals surface area contributed by atoms with Gasteiger partial charge in [0.1, 0.15) is 5.60 Å². The molecule has 0 fully saturated rings. The van der Waals surface area contributed by atoms with Crippen LogP contribution in [0.4, 0.5) is 0 Å². The molecule has 0 saturated heterocycles. The molecule has 0 radical (unpaired) electrons. The second kappa shape index (κ2) is 6.48. The van der Waals surface area contributed by atoms with Crippen molar-refractivity contribution < 1.29 is 14.3 Å². The Balaban J connectivity index is 3.83. The Morgan fingerprint density at radius 1 is 1.31 bits per heavy atom. The van der Waals surface area contributed by atoms with Crippen molar-refractivity contribution in [2.75, 3.05) is 13.6 Å². The third kappa shape index (κ3) is 8.23. The molecule has 0 spiro atoms. The minimum atomic E-state index is -0.461. The van der Waals surface area contributed by atoms with Crippen LogP contribution in [0.2, 0.25) is 0 Å². The molecule has 1 unspecified atom stereocenters. The highest BCUT2D eigenvalue weighted by Gasteiger charge is 2.18. The van der Waals surface area contributed by atoms with E-state index < -0.39 is 5.60 Å². The second-order valence-corrected chi connectivity index (χ2v) is 4.75. The maximum atomic E-state index is 11.4. The van der Waals surface area contributed by atoms with Crippen LogP contribution >= 0.6 is 0 Å². The number of likely N-dealkylation sites (N-methyl/N-ethyl adjacent to an activating group) is 1. The number of ether oxygens (including phenoxy) is 1. The third-order valence-corrected chi connectivity index (χ3v) is 1.78. The van der Waals surface area contributed by atoms with E-state index in [-0.39, 0.29) is 30.9 Å². The molecule has 1 atom stereocenters. The fourth-order valence-corrected chi connectivity index (χ4v) is 1.06. The van der Waals surface area contributed by atoms with Crippen molar-refractivity contribution in [2.24, 2.45) is 0 Å². The average molecular weight is 230 g/mol. The molecule has 1 amide bonds. The molecule has 0 saturated carbocycles. The fraction of sp³-hybridized carbons (Fsp3) is 0.818. The summed E-state index contributed by atoms with van der Waals surface area (Å²) in [7, 11) is 1.57. The molecule has 0 aromatic carbocycles. The predicted octanol–water partition coefficient (Wildman–Crippen LogP) is 0.442. The van der Waals surface area contributed by atoms with Gasteiger partial charge in [-0.3, -0.25) is 9.59 Å². The van der Waals surface area contributed by atoms with Gasteiger partial charge in [0.2, 0.25) is 5.91 Å². The number of hydrogen-bond acceptors (Lipinski definition) is 4. The quantitative estimate of drug-likeness (QED) is 0.673. The minimum Gasteiger partial charge on any atom is -0.460 e. The van der Waals surface area contributed by atoms with Gasteiger partial charge < -0.3 is 15.4 Å². The Morgan fingerprint density at radius 2 is 1.88 bits per heavy atom. The highest BCUT2D eigenvalue weighted by atomic mass is 16.6. The summed E-state index contributed by atoms with van der Waals surface area (Å²) in [5.74, 6) is -0.361. The van der Waals surface area contributed by atoms with Gasteiger partial charge in [0.25, 0.3) is 0 Å². The summed E-state index contributed by atoms with van der Waals surface area (Å²) < 4.78 is 5.16. The van der Waals surface area contributed by atoms with E-state index in [1.807, 2.05) is 27.7 Å². The maximum absolute atomic E-state index is 11.4. The van der Waals surface area contributed by atoms with Crippen molar-refractivity contribution in [1.29, 1.82) is 0 Å². The molecule has 0 aromatic heterocycles. The van der Waals surface area contributed by atoms with Gasteiger partial charge in [0.15, 0.2) is 0 Å². The summed E-state index contributed by atoms with van der Waals surface area (Å²) in [6.07, 6.45) is 0.258. The zero-order valence-electron chi connectivity index (χ0n) is 10.7. The molecule has 2 N–H and O–H groups in total. The standard InChI is InChI=1S/C11H22N2O3/c1-8(13-7-9(14)12-5)6-10(15)16-11(2,3)4/h8,13H,6-7H2,1-5H3,(H,12,14). The number of nitrogens with one attached hydrogen (secondary N) is 2. The monoisotopic (exact) mass is 230 g/mol. The molecule has 0 aliphatic heterocycles. The van der Waals surface area contributed by atoms with E-state index in [2.05, 4.69) is 10.6 Å². The Labute approximate surface area is 96.9 Å². The van der Waals surface area contributed by atoms with Crippen LogP contribution < -0.4 is 10.6 Å². The van der Waals surface area contributed by atoms with E-state index >= 15 is 0 Å². The first-order valence-corrected chi connectivity index (χ1v) is 5.40. The molecule has 0 aliphatic rings.